The number of carboxylic acid groups (broad SMARTS) is 1. The molecule has 1 aliphatic heterocycles. The van der Waals surface area contributed by atoms with Crippen molar-refractivity contribution in [3.8, 4) is 0 Å². The van der Waals surface area contributed by atoms with Crippen molar-refractivity contribution in [2.24, 2.45) is 11.8 Å². The fourth-order valence-corrected chi connectivity index (χ4v) is 3.70. The third-order valence-corrected chi connectivity index (χ3v) is 5.33. The molecule has 0 radical (unpaired) electrons. The number of hydrogen-bond acceptors (Lipinski definition) is 4. The Hall–Kier alpha value is -2.02. The highest BCUT2D eigenvalue weighted by atomic mass is 32.2. The Balaban J connectivity index is 1.51. The van der Waals surface area contributed by atoms with Crippen molar-refractivity contribution < 1.29 is 19.5 Å². The molecule has 1 saturated heterocycles. The number of carboxylic acids is 1. The molecule has 1 saturated carbocycles. The Morgan fingerprint density at radius 3 is 2.38 bits per heavy atom. The summed E-state index contributed by atoms with van der Waals surface area (Å²) in [6.45, 7) is 1.62. The van der Waals surface area contributed by atoms with E-state index in [4.69, 9.17) is 5.11 Å². The lowest BCUT2D eigenvalue weighted by Crippen LogP contribution is -2.38. The number of carbonyl (C=O) groups is 3. The summed E-state index contributed by atoms with van der Waals surface area (Å²) in [6.07, 6.45) is 0.768. The highest BCUT2D eigenvalue weighted by Crippen LogP contribution is 2.39. The van der Waals surface area contributed by atoms with Gasteiger partial charge in [0.25, 0.3) is 0 Å². The van der Waals surface area contributed by atoms with Gasteiger partial charge in [-0.3, -0.25) is 14.4 Å². The van der Waals surface area contributed by atoms with Gasteiger partial charge in [-0.1, -0.05) is 12.1 Å². The van der Waals surface area contributed by atoms with Crippen LogP contribution in [0.4, 0.5) is 5.69 Å². The van der Waals surface area contributed by atoms with Crippen LogP contribution in [-0.2, 0) is 20.8 Å². The van der Waals surface area contributed by atoms with Gasteiger partial charge in [0.1, 0.15) is 0 Å². The van der Waals surface area contributed by atoms with E-state index in [2.05, 4.69) is 5.32 Å². The minimum absolute atomic E-state index is 0.134. The van der Waals surface area contributed by atoms with Gasteiger partial charge >= 0.3 is 5.97 Å². The first kappa shape index (κ1) is 16.8. The molecule has 24 heavy (non-hydrogen) atoms. The second-order valence-corrected chi connectivity index (χ2v) is 7.37. The van der Waals surface area contributed by atoms with E-state index in [9.17, 15) is 14.4 Å². The summed E-state index contributed by atoms with van der Waals surface area (Å²) in [4.78, 5) is 36.8. The molecule has 1 aromatic rings. The lowest BCUT2D eigenvalue weighted by Gasteiger charge is -2.26. The van der Waals surface area contributed by atoms with Crippen molar-refractivity contribution in [1.82, 2.24) is 4.90 Å². The Morgan fingerprint density at radius 2 is 1.79 bits per heavy atom. The predicted molar refractivity (Wildman–Crippen MR) is 91.9 cm³/mol. The van der Waals surface area contributed by atoms with Gasteiger partial charge in [-0.2, -0.15) is 11.8 Å². The molecule has 2 aliphatic rings. The number of nitrogens with zero attached hydrogens (tertiary/aromatic N) is 1. The average Bonchev–Trinajstić information content (AvgIpc) is 3.38. The van der Waals surface area contributed by atoms with Crippen molar-refractivity contribution in [2.45, 2.75) is 12.8 Å². The monoisotopic (exact) mass is 348 g/mol. The number of thioether (sulfide) groups is 1. The molecule has 0 spiro atoms. The maximum atomic E-state index is 12.2. The second-order valence-electron chi connectivity index (χ2n) is 6.14. The maximum Gasteiger partial charge on any atom is 0.307 e. The number of aliphatic carboxylic acids is 1. The van der Waals surface area contributed by atoms with Crippen molar-refractivity contribution in [3.05, 3.63) is 29.8 Å². The molecule has 2 N–H and O–H groups in total. The van der Waals surface area contributed by atoms with Crippen LogP contribution in [0, 0.1) is 11.8 Å². The first-order chi connectivity index (χ1) is 11.5. The zero-order valence-corrected chi connectivity index (χ0v) is 14.1. The summed E-state index contributed by atoms with van der Waals surface area (Å²) in [6, 6.07) is 7.16. The van der Waals surface area contributed by atoms with Gasteiger partial charge in [-0.25, -0.2) is 0 Å². The largest absolute Gasteiger partial charge is 0.481 e. The summed E-state index contributed by atoms with van der Waals surface area (Å²) < 4.78 is 0. The third kappa shape index (κ3) is 4.08. The number of benzene rings is 1. The molecule has 2 atom stereocenters. The van der Waals surface area contributed by atoms with Crippen molar-refractivity contribution in [3.63, 3.8) is 0 Å². The fourth-order valence-electron chi connectivity index (χ4n) is 2.80. The maximum absolute atomic E-state index is 12.2. The number of anilines is 1. The van der Waals surface area contributed by atoms with Crippen LogP contribution in [0.3, 0.4) is 0 Å². The molecule has 0 bridgehead atoms. The average molecular weight is 348 g/mol. The summed E-state index contributed by atoms with van der Waals surface area (Å²) in [5.74, 6) is -0.0263. The second kappa shape index (κ2) is 7.25. The summed E-state index contributed by atoms with van der Waals surface area (Å²) in [5.41, 5.74) is 1.53. The van der Waals surface area contributed by atoms with E-state index >= 15 is 0 Å². The van der Waals surface area contributed by atoms with Crippen molar-refractivity contribution in [1.29, 1.82) is 0 Å². The molecular weight excluding hydrogens is 328 g/mol. The number of rotatable bonds is 5. The van der Waals surface area contributed by atoms with Gasteiger partial charge in [0.05, 0.1) is 18.3 Å². The quantitative estimate of drug-likeness (QED) is 0.841. The van der Waals surface area contributed by atoms with Crippen LogP contribution in [0.15, 0.2) is 24.3 Å². The SMILES string of the molecule is O=C(O)C1CC1C(=O)Nc1ccc(CC(=O)N2CCSCC2)cc1. The van der Waals surface area contributed by atoms with E-state index in [1.165, 1.54) is 0 Å². The van der Waals surface area contributed by atoms with Gasteiger partial charge in [-0.15, -0.1) is 0 Å². The van der Waals surface area contributed by atoms with Crippen LogP contribution < -0.4 is 5.32 Å². The third-order valence-electron chi connectivity index (χ3n) is 4.39. The number of nitrogens with one attached hydrogen (secondary N) is 1. The highest BCUT2D eigenvalue weighted by molar-refractivity contribution is 7.99. The Morgan fingerprint density at radius 1 is 1.12 bits per heavy atom. The molecule has 1 heterocycles. The number of amides is 2. The van der Waals surface area contributed by atoms with E-state index < -0.39 is 17.8 Å². The van der Waals surface area contributed by atoms with Crippen molar-refractivity contribution >= 4 is 35.2 Å². The predicted octanol–water partition coefficient (Wildman–Crippen LogP) is 1.46. The number of hydrogen-bond donors (Lipinski definition) is 2. The molecule has 1 aliphatic carbocycles. The molecule has 7 heteroatoms. The number of carbonyl (C=O) groups excluding carboxylic acids is 2. The van der Waals surface area contributed by atoms with Crippen LogP contribution in [0.1, 0.15) is 12.0 Å². The van der Waals surface area contributed by atoms with Gasteiger partial charge in [-0.05, 0) is 24.1 Å². The van der Waals surface area contributed by atoms with E-state index in [-0.39, 0.29) is 11.8 Å². The molecular formula is C17H20N2O4S. The molecule has 1 aromatic carbocycles. The topological polar surface area (TPSA) is 86.7 Å². The van der Waals surface area contributed by atoms with Crippen LogP contribution in [0.2, 0.25) is 0 Å². The van der Waals surface area contributed by atoms with E-state index in [1.807, 2.05) is 28.8 Å². The molecule has 0 aromatic heterocycles. The van der Waals surface area contributed by atoms with E-state index in [0.717, 1.165) is 30.2 Å². The Bertz CT molecular complexity index is 640. The van der Waals surface area contributed by atoms with Gasteiger partial charge < -0.3 is 15.3 Å². The van der Waals surface area contributed by atoms with Crippen LogP contribution in [0.5, 0.6) is 0 Å². The standard InChI is InChI=1S/C17H20N2O4S/c20-15(19-5-7-24-8-6-19)9-11-1-3-12(4-2-11)18-16(21)13-10-14(13)17(22)23/h1-4,13-14H,5-10H2,(H,18,21)(H,22,23). The molecule has 6 nitrogen and oxygen atoms in total. The van der Waals surface area contributed by atoms with Crippen LogP contribution in [-0.4, -0.2) is 52.4 Å². The van der Waals surface area contributed by atoms with Crippen LogP contribution >= 0.6 is 11.8 Å². The fraction of sp³-hybridized carbons (Fsp3) is 0.471. The Labute approximate surface area is 144 Å². The molecule has 3 rings (SSSR count). The smallest absolute Gasteiger partial charge is 0.307 e. The zero-order valence-electron chi connectivity index (χ0n) is 13.2. The molecule has 2 fully saturated rings. The molecule has 128 valence electrons. The Kier molecular flexibility index (Phi) is 5.08. The van der Waals surface area contributed by atoms with Gasteiger partial charge in [0.15, 0.2) is 0 Å². The lowest BCUT2D eigenvalue weighted by atomic mass is 10.1. The van der Waals surface area contributed by atoms with E-state index in [1.54, 1.807) is 12.1 Å². The minimum Gasteiger partial charge on any atom is -0.481 e. The first-order valence-electron chi connectivity index (χ1n) is 8.03. The van der Waals surface area contributed by atoms with Crippen LogP contribution in [0.25, 0.3) is 0 Å². The highest BCUT2D eigenvalue weighted by Gasteiger charge is 2.48. The van der Waals surface area contributed by atoms with Gasteiger partial charge in [0.2, 0.25) is 11.8 Å². The summed E-state index contributed by atoms with van der Waals surface area (Å²) in [5, 5.41) is 11.6. The molecule has 2 unspecified atom stereocenters. The normalized spacial score (nSPS) is 22.8. The summed E-state index contributed by atoms with van der Waals surface area (Å²) in [7, 11) is 0. The van der Waals surface area contributed by atoms with Crippen molar-refractivity contribution in [2.75, 3.05) is 29.9 Å². The zero-order chi connectivity index (χ0) is 17.1. The van der Waals surface area contributed by atoms with Gasteiger partial charge in [0, 0.05) is 30.3 Å². The van der Waals surface area contributed by atoms with E-state index in [0.29, 0.717) is 18.5 Å². The lowest BCUT2D eigenvalue weighted by molar-refractivity contribution is -0.139. The summed E-state index contributed by atoms with van der Waals surface area (Å²) >= 11 is 1.87. The molecule has 2 amide bonds. The first-order valence-corrected chi connectivity index (χ1v) is 9.18. The minimum atomic E-state index is -0.917.